The molecule has 0 saturated heterocycles. The van der Waals surface area contributed by atoms with Crippen LogP contribution in [0.3, 0.4) is 0 Å². The first-order valence-corrected chi connectivity index (χ1v) is 8.81. The van der Waals surface area contributed by atoms with E-state index in [0.717, 1.165) is 16.3 Å². The molecule has 2 aromatic carbocycles. The average Bonchev–Trinajstić information content (AvgIpc) is 2.64. The zero-order valence-electron chi connectivity index (χ0n) is 13.8. The Morgan fingerprint density at radius 2 is 1.71 bits per heavy atom. The topological polar surface area (TPSA) is 50.9 Å². The number of aromatic nitrogens is 1. The quantitative estimate of drug-likeness (QED) is 0.695. The van der Waals surface area contributed by atoms with Crippen LogP contribution in [0.25, 0.3) is 21.9 Å². The van der Waals surface area contributed by atoms with Crippen molar-refractivity contribution in [2.45, 2.75) is 38.1 Å². The molecule has 1 aromatic heterocycles. The lowest BCUT2D eigenvalue weighted by Gasteiger charge is -2.24. The Balaban J connectivity index is 1.76. The van der Waals surface area contributed by atoms with Crippen molar-refractivity contribution in [2.24, 2.45) is 0 Å². The molecule has 122 valence electrons. The lowest BCUT2D eigenvalue weighted by molar-refractivity contribution is 0.463. The van der Waals surface area contributed by atoms with Crippen molar-refractivity contribution < 1.29 is 0 Å². The molecule has 4 rings (SSSR count). The molecule has 3 aromatic rings. The summed E-state index contributed by atoms with van der Waals surface area (Å²) in [5.41, 5.74) is 9.59. The molecule has 1 saturated carbocycles. The highest BCUT2D eigenvalue weighted by molar-refractivity contribution is 6.02. The van der Waals surface area contributed by atoms with E-state index in [4.69, 9.17) is 5.73 Å². The predicted octanol–water partition coefficient (Wildman–Crippen LogP) is 5.23. The SMILES string of the molecule is Nc1ncc(-c2ccccc2)c2cc(NC3CCCCC3)ccc12. The smallest absolute Gasteiger partial charge is 0.131 e. The number of nitrogen functional groups attached to an aromatic ring is 1. The molecule has 3 N–H and O–H groups in total. The maximum absolute atomic E-state index is 6.11. The zero-order chi connectivity index (χ0) is 16.4. The third-order valence-electron chi connectivity index (χ3n) is 4.98. The van der Waals surface area contributed by atoms with Crippen LogP contribution in [0.1, 0.15) is 32.1 Å². The molecule has 0 unspecified atom stereocenters. The van der Waals surface area contributed by atoms with Gasteiger partial charge < -0.3 is 11.1 Å². The first-order chi connectivity index (χ1) is 11.8. The van der Waals surface area contributed by atoms with E-state index >= 15 is 0 Å². The van der Waals surface area contributed by atoms with Crippen LogP contribution in [0.2, 0.25) is 0 Å². The van der Waals surface area contributed by atoms with Gasteiger partial charge in [0.05, 0.1) is 0 Å². The van der Waals surface area contributed by atoms with Gasteiger partial charge in [-0.2, -0.15) is 0 Å². The summed E-state index contributed by atoms with van der Waals surface area (Å²) < 4.78 is 0. The van der Waals surface area contributed by atoms with Gasteiger partial charge >= 0.3 is 0 Å². The Hall–Kier alpha value is -2.55. The molecule has 1 aliphatic carbocycles. The van der Waals surface area contributed by atoms with Gasteiger partial charge in [-0.3, -0.25) is 0 Å². The Kier molecular flexibility index (Phi) is 4.08. The highest BCUT2D eigenvalue weighted by Crippen LogP contribution is 2.33. The number of nitrogens with zero attached hydrogens (tertiary/aromatic N) is 1. The van der Waals surface area contributed by atoms with Gasteiger partial charge in [0.2, 0.25) is 0 Å². The average molecular weight is 317 g/mol. The van der Waals surface area contributed by atoms with E-state index in [2.05, 4.69) is 52.8 Å². The Morgan fingerprint density at radius 1 is 0.917 bits per heavy atom. The second-order valence-electron chi connectivity index (χ2n) is 6.66. The zero-order valence-corrected chi connectivity index (χ0v) is 13.8. The fourth-order valence-electron chi connectivity index (χ4n) is 3.68. The van der Waals surface area contributed by atoms with E-state index in [1.165, 1.54) is 43.4 Å². The number of rotatable bonds is 3. The molecule has 3 heteroatoms. The fourth-order valence-corrected chi connectivity index (χ4v) is 3.68. The molecule has 0 atom stereocenters. The number of anilines is 2. The van der Waals surface area contributed by atoms with Crippen LogP contribution in [0, 0.1) is 0 Å². The number of nitrogens with two attached hydrogens (primary N) is 1. The molecule has 0 bridgehead atoms. The van der Waals surface area contributed by atoms with Crippen molar-refractivity contribution in [3.63, 3.8) is 0 Å². The summed E-state index contributed by atoms with van der Waals surface area (Å²) in [5, 5.41) is 5.89. The number of benzene rings is 2. The minimum absolute atomic E-state index is 0.592. The molecule has 3 nitrogen and oxygen atoms in total. The standard InChI is InChI=1S/C21H23N3/c22-21-18-12-11-17(24-16-9-5-2-6-10-16)13-19(18)20(14-23-21)15-7-3-1-4-8-15/h1,3-4,7-8,11-14,16,24H,2,5-6,9-10H2,(H2,22,23). The number of fused-ring (bicyclic) bond motifs is 1. The molecule has 0 aliphatic heterocycles. The molecule has 1 aliphatic rings. The lowest BCUT2D eigenvalue weighted by atomic mass is 9.95. The van der Waals surface area contributed by atoms with E-state index in [9.17, 15) is 0 Å². The molecule has 0 amide bonds. The second-order valence-corrected chi connectivity index (χ2v) is 6.66. The van der Waals surface area contributed by atoms with Crippen LogP contribution >= 0.6 is 0 Å². The third-order valence-corrected chi connectivity index (χ3v) is 4.98. The third kappa shape index (κ3) is 2.94. The van der Waals surface area contributed by atoms with Gasteiger partial charge in [-0.05, 0) is 42.0 Å². The van der Waals surface area contributed by atoms with Crippen LogP contribution in [-0.2, 0) is 0 Å². The van der Waals surface area contributed by atoms with Gasteiger partial charge in [0, 0.05) is 28.9 Å². The van der Waals surface area contributed by atoms with Crippen LogP contribution in [-0.4, -0.2) is 11.0 Å². The molecule has 24 heavy (non-hydrogen) atoms. The number of hydrogen-bond acceptors (Lipinski definition) is 3. The second kappa shape index (κ2) is 6.52. The number of nitrogens with one attached hydrogen (secondary N) is 1. The fraction of sp³-hybridized carbons (Fsp3) is 0.286. The van der Waals surface area contributed by atoms with Gasteiger partial charge in [0.1, 0.15) is 5.82 Å². The van der Waals surface area contributed by atoms with Gasteiger partial charge in [-0.1, -0.05) is 49.6 Å². The Labute approximate surface area is 142 Å². The summed E-state index contributed by atoms with van der Waals surface area (Å²) in [7, 11) is 0. The molecule has 0 radical (unpaired) electrons. The van der Waals surface area contributed by atoms with Gasteiger partial charge in [-0.15, -0.1) is 0 Å². The molecule has 0 spiro atoms. The maximum atomic E-state index is 6.11. The number of hydrogen-bond donors (Lipinski definition) is 2. The van der Waals surface area contributed by atoms with Crippen LogP contribution in [0.15, 0.2) is 54.7 Å². The first-order valence-electron chi connectivity index (χ1n) is 8.81. The van der Waals surface area contributed by atoms with Crippen LogP contribution in [0.5, 0.6) is 0 Å². The maximum Gasteiger partial charge on any atom is 0.131 e. The summed E-state index contributed by atoms with van der Waals surface area (Å²) >= 11 is 0. The first kappa shape index (κ1) is 15.0. The monoisotopic (exact) mass is 317 g/mol. The van der Waals surface area contributed by atoms with Gasteiger partial charge in [0.25, 0.3) is 0 Å². The van der Waals surface area contributed by atoms with Crippen LogP contribution in [0.4, 0.5) is 11.5 Å². The lowest BCUT2D eigenvalue weighted by Crippen LogP contribution is -2.22. The summed E-state index contributed by atoms with van der Waals surface area (Å²) in [4.78, 5) is 4.39. The largest absolute Gasteiger partial charge is 0.383 e. The Bertz CT molecular complexity index is 836. The van der Waals surface area contributed by atoms with Crippen molar-refractivity contribution in [3.8, 4) is 11.1 Å². The van der Waals surface area contributed by atoms with E-state index < -0.39 is 0 Å². The number of pyridine rings is 1. The highest BCUT2D eigenvalue weighted by Gasteiger charge is 2.14. The van der Waals surface area contributed by atoms with Crippen LogP contribution < -0.4 is 11.1 Å². The minimum atomic E-state index is 0.592. The van der Waals surface area contributed by atoms with Gasteiger partial charge in [-0.25, -0.2) is 4.98 Å². The van der Waals surface area contributed by atoms with Crippen molar-refractivity contribution in [3.05, 3.63) is 54.7 Å². The van der Waals surface area contributed by atoms with Crippen molar-refractivity contribution in [2.75, 3.05) is 11.1 Å². The summed E-state index contributed by atoms with van der Waals surface area (Å²) in [6.07, 6.45) is 8.45. The van der Waals surface area contributed by atoms with E-state index in [1.807, 2.05) is 12.3 Å². The summed E-state index contributed by atoms with van der Waals surface area (Å²) in [6, 6.07) is 17.4. The predicted molar refractivity (Wildman–Crippen MR) is 102 cm³/mol. The van der Waals surface area contributed by atoms with E-state index in [0.29, 0.717) is 11.9 Å². The molecular formula is C21H23N3. The summed E-state index contributed by atoms with van der Waals surface area (Å²) in [6.45, 7) is 0. The van der Waals surface area contributed by atoms with Crippen molar-refractivity contribution in [1.29, 1.82) is 0 Å². The minimum Gasteiger partial charge on any atom is -0.383 e. The van der Waals surface area contributed by atoms with E-state index in [1.54, 1.807) is 0 Å². The highest BCUT2D eigenvalue weighted by atomic mass is 14.9. The molecular weight excluding hydrogens is 294 g/mol. The molecule has 1 heterocycles. The van der Waals surface area contributed by atoms with Crippen molar-refractivity contribution >= 4 is 22.3 Å². The molecule has 1 fully saturated rings. The van der Waals surface area contributed by atoms with E-state index in [-0.39, 0.29) is 0 Å². The normalized spacial score (nSPS) is 15.5. The summed E-state index contributed by atoms with van der Waals surface area (Å²) in [5.74, 6) is 0.592. The van der Waals surface area contributed by atoms with Gasteiger partial charge in [0.15, 0.2) is 0 Å². The van der Waals surface area contributed by atoms with Crippen molar-refractivity contribution in [1.82, 2.24) is 4.98 Å². The Morgan fingerprint density at radius 3 is 2.50 bits per heavy atom.